The summed E-state index contributed by atoms with van der Waals surface area (Å²) in [7, 11) is 1.63. The average molecular weight is 315 g/mol. The van der Waals surface area contributed by atoms with Gasteiger partial charge in [0.05, 0.1) is 0 Å². The second-order valence-electron chi connectivity index (χ2n) is 4.69. The number of carbonyl (C=O) groups excluding carboxylic acids is 1. The summed E-state index contributed by atoms with van der Waals surface area (Å²) in [6, 6.07) is 5.31. The van der Waals surface area contributed by atoms with Gasteiger partial charge in [-0.25, -0.2) is 0 Å². The Balaban J connectivity index is 2.57. The van der Waals surface area contributed by atoms with Gasteiger partial charge in [-0.15, -0.1) is 0 Å². The number of nitrogens with one attached hydrogen (secondary N) is 1. The number of carbonyl (C=O) groups is 1. The van der Waals surface area contributed by atoms with E-state index in [-0.39, 0.29) is 5.91 Å². The zero-order valence-electron chi connectivity index (χ0n) is 12.5. The molecule has 1 unspecified atom stereocenters. The summed E-state index contributed by atoms with van der Waals surface area (Å²) in [6.07, 6.45) is 0.845. The first-order valence-corrected chi connectivity index (χ1v) is 7.38. The third-order valence-corrected chi connectivity index (χ3v) is 3.17. The number of halogens is 1. The molecule has 0 saturated heterocycles. The lowest BCUT2D eigenvalue weighted by molar-refractivity contribution is -0.127. The van der Waals surface area contributed by atoms with Crippen LogP contribution in [0.5, 0.6) is 5.75 Å². The first-order chi connectivity index (χ1) is 10.1. The molecule has 0 bridgehead atoms. The Kier molecular flexibility index (Phi) is 8.12. The Morgan fingerprint density at radius 2 is 2.24 bits per heavy atom. The molecule has 1 aromatic rings. The maximum Gasteiger partial charge on any atom is 0.260 e. The van der Waals surface area contributed by atoms with E-state index in [0.29, 0.717) is 36.9 Å². The fraction of sp³-hybridized carbons (Fsp3) is 0.533. The number of nitrogens with two attached hydrogens (primary N) is 1. The molecule has 1 aromatic carbocycles. The van der Waals surface area contributed by atoms with Gasteiger partial charge in [-0.05, 0) is 50.1 Å². The number of methoxy groups -OCH3 is 1. The van der Waals surface area contributed by atoms with Crippen molar-refractivity contribution in [3.8, 4) is 5.75 Å². The minimum atomic E-state index is -0.578. The summed E-state index contributed by atoms with van der Waals surface area (Å²) in [4.78, 5) is 11.9. The van der Waals surface area contributed by atoms with E-state index >= 15 is 0 Å². The zero-order chi connectivity index (χ0) is 15.7. The second-order valence-corrected chi connectivity index (χ2v) is 5.12. The molecular formula is C15H23ClN2O3. The molecule has 0 saturated carbocycles. The molecule has 5 nitrogen and oxygen atoms in total. The van der Waals surface area contributed by atoms with E-state index in [1.165, 1.54) is 0 Å². The first-order valence-electron chi connectivity index (χ1n) is 7.00. The van der Waals surface area contributed by atoms with E-state index in [9.17, 15) is 4.79 Å². The number of amides is 1. The molecule has 21 heavy (non-hydrogen) atoms. The van der Waals surface area contributed by atoms with Crippen LogP contribution in [0.4, 0.5) is 0 Å². The van der Waals surface area contributed by atoms with Gasteiger partial charge in [0.1, 0.15) is 5.75 Å². The van der Waals surface area contributed by atoms with Gasteiger partial charge in [0, 0.05) is 25.3 Å². The number of hydrogen-bond acceptors (Lipinski definition) is 4. The van der Waals surface area contributed by atoms with Crippen LogP contribution in [0.1, 0.15) is 18.9 Å². The van der Waals surface area contributed by atoms with Gasteiger partial charge in [0.15, 0.2) is 6.10 Å². The van der Waals surface area contributed by atoms with Crippen molar-refractivity contribution in [1.29, 1.82) is 0 Å². The molecule has 0 radical (unpaired) electrons. The summed E-state index contributed by atoms with van der Waals surface area (Å²) in [5.74, 6) is 0.490. The van der Waals surface area contributed by atoms with Gasteiger partial charge in [0.2, 0.25) is 0 Å². The number of rotatable bonds is 9. The highest BCUT2D eigenvalue weighted by Gasteiger charge is 2.16. The maximum atomic E-state index is 11.9. The van der Waals surface area contributed by atoms with Crippen molar-refractivity contribution >= 4 is 17.5 Å². The van der Waals surface area contributed by atoms with Crippen LogP contribution in [0.15, 0.2) is 18.2 Å². The van der Waals surface area contributed by atoms with Crippen LogP contribution in [0.25, 0.3) is 0 Å². The zero-order valence-corrected chi connectivity index (χ0v) is 13.3. The lowest BCUT2D eigenvalue weighted by atomic mass is 10.1. The minimum Gasteiger partial charge on any atom is -0.481 e. The molecule has 6 heteroatoms. The van der Waals surface area contributed by atoms with E-state index in [0.717, 1.165) is 12.0 Å². The predicted molar refractivity (Wildman–Crippen MR) is 83.8 cm³/mol. The Morgan fingerprint density at radius 1 is 1.48 bits per heavy atom. The van der Waals surface area contributed by atoms with Gasteiger partial charge in [-0.1, -0.05) is 11.6 Å². The summed E-state index contributed by atoms with van der Waals surface area (Å²) in [5, 5.41) is 3.43. The highest BCUT2D eigenvalue weighted by Crippen LogP contribution is 2.24. The van der Waals surface area contributed by atoms with E-state index in [2.05, 4.69) is 5.32 Å². The van der Waals surface area contributed by atoms with Crippen molar-refractivity contribution < 1.29 is 14.3 Å². The molecule has 118 valence electrons. The van der Waals surface area contributed by atoms with Crippen molar-refractivity contribution in [2.24, 2.45) is 5.73 Å². The molecule has 0 heterocycles. The third-order valence-electron chi connectivity index (χ3n) is 2.93. The van der Waals surface area contributed by atoms with Crippen molar-refractivity contribution in [2.75, 3.05) is 26.8 Å². The molecule has 0 aliphatic carbocycles. The minimum absolute atomic E-state index is 0.153. The SMILES string of the molecule is COCCCNC(=O)C(C)Oc1ccc(Cl)cc1CCN. The quantitative estimate of drug-likeness (QED) is 0.681. The van der Waals surface area contributed by atoms with E-state index in [1.807, 2.05) is 6.07 Å². The fourth-order valence-corrected chi connectivity index (χ4v) is 2.02. The molecule has 3 N–H and O–H groups in total. The van der Waals surface area contributed by atoms with Gasteiger partial charge in [-0.3, -0.25) is 4.79 Å². The van der Waals surface area contributed by atoms with E-state index < -0.39 is 6.10 Å². The number of ether oxygens (including phenoxy) is 2. The van der Waals surface area contributed by atoms with Crippen molar-refractivity contribution in [3.63, 3.8) is 0 Å². The van der Waals surface area contributed by atoms with Crippen molar-refractivity contribution in [3.05, 3.63) is 28.8 Å². The van der Waals surface area contributed by atoms with Gasteiger partial charge >= 0.3 is 0 Å². The Labute approximate surface area is 130 Å². The number of hydrogen-bond donors (Lipinski definition) is 2. The van der Waals surface area contributed by atoms with E-state index in [4.69, 9.17) is 26.8 Å². The second kappa shape index (κ2) is 9.60. The van der Waals surface area contributed by atoms with Crippen LogP contribution in [0, 0.1) is 0 Å². The predicted octanol–water partition coefficient (Wildman–Crippen LogP) is 1.76. The average Bonchev–Trinajstić information content (AvgIpc) is 2.46. The lowest BCUT2D eigenvalue weighted by Gasteiger charge is -2.17. The highest BCUT2D eigenvalue weighted by atomic mass is 35.5. The van der Waals surface area contributed by atoms with Crippen LogP contribution in [-0.4, -0.2) is 38.8 Å². The monoisotopic (exact) mass is 314 g/mol. The van der Waals surface area contributed by atoms with Gasteiger partial charge in [-0.2, -0.15) is 0 Å². The Hall–Kier alpha value is -1.30. The maximum absolute atomic E-state index is 11.9. The Morgan fingerprint density at radius 3 is 2.90 bits per heavy atom. The molecule has 1 rings (SSSR count). The molecule has 0 spiro atoms. The molecular weight excluding hydrogens is 292 g/mol. The third kappa shape index (κ3) is 6.33. The molecule has 0 aromatic heterocycles. The summed E-state index contributed by atoms with van der Waals surface area (Å²) < 4.78 is 10.6. The van der Waals surface area contributed by atoms with Crippen LogP contribution in [-0.2, 0) is 16.0 Å². The highest BCUT2D eigenvalue weighted by molar-refractivity contribution is 6.30. The molecule has 0 aliphatic heterocycles. The van der Waals surface area contributed by atoms with Gasteiger partial charge in [0.25, 0.3) is 5.91 Å². The summed E-state index contributed by atoms with van der Waals surface area (Å²) >= 11 is 5.96. The first kappa shape index (κ1) is 17.8. The Bertz CT molecular complexity index is 455. The summed E-state index contributed by atoms with van der Waals surface area (Å²) in [6.45, 7) is 3.39. The molecule has 1 amide bonds. The molecule has 1 atom stereocenters. The molecule has 0 aliphatic rings. The fourth-order valence-electron chi connectivity index (χ4n) is 1.83. The normalized spacial score (nSPS) is 12.0. The topological polar surface area (TPSA) is 73.6 Å². The summed E-state index contributed by atoms with van der Waals surface area (Å²) in [5.41, 5.74) is 6.48. The van der Waals surface area contributed by atoms with Crippen LogP contribution in [0.2, 0.25) is 5.02 Å². The van der Waals surface area contributed by atoms with Crippen LogP contribution >= 0.6 is 11.6 Å². The standard InChI is InChI=1S/C15H23ClN2O3/c1-11(15(19)18-8-3-9-20-2)21-14-5-4-13(16)10-12(14)6-7-17/h4-5,10-11H,3,6-9,17H2,1-2H3,(H,18,19). The smallest absolute Gasteiger partial charge is 0.260 e. The van der Waals surface area contributed by atoms with E-state index in [1.54, 1.807) is 26.2 Å². The van der Waals surface area contributed by atoms with Crippen LogP contribution < -0.4 is 15.8 Å². The van der Waals surface area contributed by atoms with Gasteiger partial charge < -0.3 is 20.5 Å². The van der Waals surface area contributed by atoms with Crippen molar-refractivity contribution in [1.82, 2.24) is 5.32 Å². The van der Waals surface area contributed by atoms with Crippen LogP contribution in [0.3, 0.4) is 0 Å². The van der Waals surface area contributed by atoms with Crippen molar-refractivity contribution in [2.45, 2.75) is 25.9 Å². The number of benzene rings is 1. The lowest BCUT2D eigenvalue weighted by Crippen LogP contribution is -2.37. The largest absolute Gasteiger partial charge is 0.481 e. The molecule has 0 fully saturated rings.